The number of hydrogen-bond donors (Lipinski definition) is 1. The minimum absolute atomic E-state index is 0.0724. The molecule has 0 heterocycles. The van der Waals surface area contributed by atoms with Crippen LogP contribution in [0.1, 0.15) is 39.5 Å². The Bertz CT molecular complexity index is 250. The van der Waals surface area contributed by atoms with Crippen LogP contribution in [0.3, 0.4) is 0 Å². The molecule has 0 radical (unpaired) electrons. The zero-order valence-electron chi connectivity index (χ0n) is 9.27. The van der Waals surface area contributed by atoms with E-state index in [1.165, 1.54) is 6.42 Å². The molecule has 0 aromatic rings. The van der Waals surface area contributed by atoms with E-state index < -0.39 is 0 Å². The summed E-state index contributed by atoms with van der Waals surface area (Å²) in [7, 11) is 0. The number of hydrogen-bond acceptors (Lipinski definition) is 2. The third-order valence-electron chi connectivity index (χ3n) is 3.50. The molecule has 0 bridgehead atoms. The molecule has 1 rings (SSSR count). The number of nitrogens with zero attached hydrogens (tertiary/aromatic N) is 1. The molecule has 0 aliphatic heterocycles. The Morgan fingerprint density at radius 1 is 1.43 bits per heavy atom. The molecule has 2 heteroatoms. The van der Waals surface area contributed by atoms with Crippen LogP contribution in [0.25, 0.3) is 0 Å². The Morgan fingerprint density at radius 3 is 2.57 bits per heavy atom. The molecule has 1 aliphatic rings. The average Bonchev–Trinajstić information content (AvgIpc) is 2.16. The molecule has 2 nitrogen and oxygen atoms in total. The van der Waals surface area contributed by atoms with Gasteiger partial charge in [0.25, 0.3) is 0 Å². The van der Waals surface area contributed by atoms with E-state index in [1.54, 1.807) is 0 Å². The van der Waals surface area contributed by atoms with E-state index in [0.717, 1.165) is 25.8 Å². The van der Waals surface area contributed by atoms with E-state index in [2.05, 4.69) is 31.8 Å². The largest absolute Gasteiger partial charge is 0.295 e. The first-order chi connectivity index (χ1) is 6.58. The van der Waals surface area contributed by atoms with Gasteiger partial charge in [-0.3, -0.25) is 5.32 Å². The number of nitrogens with one attached hydrogen (secondary N) is 1. The van der Waals surface area contributed by atoms with E-state index >= 15 is 0 Å². The van der Waals surface area contributed by atoms with Crippen LogP contribution in [0.5, 0.6) is 0 Å². The lowest BCUT2D eigenvalue weighted by Gasteiger charge is -2.46. The topological polar surface area (TPSA) is 35.8 Å². The van der Waals surface area contributed by atoms with Crippen LogP contribution in [0.2, 0.25) is 0 Å². The second-order valence-electron chi connectivity index (χ2n) is 4.78. The third-order valence-corrected chi connectivity index (χ3v) is 3.50. The molecule has 0 aromatic heterocycles. The van der Waals surface area contributed by atoms with Gasteiger partial charge in [0.05, 0.1) is 6.07 Å². The average molecular weight is 192 g/mol. The molecule has 0 spiro atoms. The summed E-state index contributed by atoms with van der Waals surface area (Å²) in [6.45, 7) is 8.78. The van der Waals surface area contributed by atoms with Crippen molar-refractivity contribution >= 4 is 0 Å². The summed E-state index contributed by atoms with van der Waals surface area (Å²) < 4.78 is 0. The summed E-state index contributed by atoms with van der Waals surface area (Å²) in [5.41, 5.74) is -0.275. The summed E-state index contributed by atoms with van der Waals surface area (Å²) in [6.07, 6.45) is 6.31. The molecular weight excluding hydrogens is 172 g/mol. The van der Waals surface area contributed by atoms with E-state index in [0.29, 0.717) is 0 Å². The normalized spacial score (nSPS) is 30.6. The fourth-order valence-electron chi connectivity index (χ4n) is 2.33. The lowest BCUT2D eigenvalue weighted by molar-refractivity contribution is 0.114. The minimum atomic E-state index is -0.348. The zero-order chi connectivity index (χ0) is 10.7. The van der Waals surface area contributed by atoms with Gasteiger partial charge in [-0.15, -0.1) is 6.58 Å². The second kappa shape index (κ2) is 4.14. The highest BCUT2D eigenvalue weighted by Gasteiger charge is 2.46. The van der Waals surface area contributed by atoms with Crippen molar-refractivity contribution in [1.29, 1.82) is 5.26 Å². The van der Waals surface area contributed by atoms with Crippen molar-refractivity contribution in [2.24, 2.45) is 5.41 Å². The summed E-state index contributed by atoms with van der Waals surface area (Å²) >= 11 is 0. The van der Waals surface area contributed by atoms with Crippen LogP contribution in [-0.2, 0) is 0 Å². The molecule has 1 unspecified atom stereocenters. The number of nitriles is 1. The first-order valence-electron chi connectivity index (χ1n) is 5.35. The van der Waals surface area contributed by atoms with Gasteiger partial charge in [-0.2, -0.15) is 5.26 Å². The van der Waals surface area contributed by atoms with Crippen molar-refractivity contribution in [2.45, 2.75) is 45.1 Å². The summed E-state index contributed by atoms with van der Waals surface area (Å²) in [6, 6.07) is 2.48. The predicted molar refractivity (Wildman–Crippen MR) is 58.8 cm³/mol. The molecule has 14 heavy (non-hydrogen) atoms. The smallest absolute Gasteiger partial charge is 0.112 e. The fraction of sp³-hybridized carbons (Fsp3) is 0.750. The van der Waals surface area contributed by atoms with E-state index in [1.807, 2.05) is 6.08 Å². The Hall–Kier alpha value is -0.810. The Balaban J connectivity index is 2.84. The fourth-order valence-corrected chi connectivity index (χ4v) is 2.33. The molecule has 0 amide bonds. The highest BCUT2D eigenvalue weighted by atomic mass is 15.0. The van der Waals surface area contributed by atoms with Crippen molar-refractivity contribution < 1.29 is 0 Å². The van der Waals surface area contributed by atoms with Gasteiger partial charge >= 0.3 is 0 Å². The summed E-state index contributed by atoms with van der Waals surface area (Å²) in [4.78, 5) is 0. The molecule has 0 aromatic carbocycles. The Morgan fingerprint density at radius 2 is 2.07 bits per heavy atom. The first-order valence-corrected chi connectivity index (χ1v) is 5.35. The highest BCUT2D eigenvalue weighted by Crippen LogP contribution is 2.43. The molecular formula is C12H20N2. The van der Waals surface area contributed by atoms with Crippen LogP contribution in [0.4, 0.5) is 0 Å². The second-order valence-corrected chi connectivity index (χ2v) is 4.78. The lowest BCUT2D eigenvalue weighted by atomic mass is 9.64. The standard InChI is InChI=1S/C12H20N2/c1-4-9-14-12(10-13)8-6-5-7-11(12,2)3/h4,14H,1,5-9H2,2-3H3. The molecule has 1 atom stereocenters. The van der Waals surface area contributed by atoms with E-state index in [4.69, 9.17) is 0 Å². The molecule has 1 aliphatic carbocycles. The van der Waals surface area contributed by atoms with Gasteiger partial charge in [-0.1, -0.05) is 32.8 Å². The predicted octanol–water partition coefficient (Wildman–Crippen LogP) is 2.62. The van der Waals surface area contributed by atoms with Crippen LogP contribution >= 0.6 is 0 Å². The Kier molecular flexibility index (Phi) is 3.34. The van der Waals surface area contributed by atoms with Gasteiger partial charge in [-0.25, -0.2) is 0 Å². The lowest BCUT2D eigenvalue weighted by Crippen LogP contribution is -2.56. The maximum absolute atomic E-state index is 9.36. The van der Waals surface area contributed by atoms with Gasteiger partial charge < -0.3 is 0 Å². The van der Waals surface area contributed by atoms with Crippen LogP contribution in [0, 0.1) is 16.7 Å². The Labute approximate surface area is 87.0 Å². The van der Waals surface area contributed by atoms with Crippen LogP contribution in [0.15, 0.2) is 12.7 Å². The van der Waals surface area contributed by atoms with E-state index in [9.17, 15) is 5.26 Å². The molecule has 1 N–H and O–H groups in total. The van der Waals surface area contributed by atoms with Gasteiger partial charge in [0.2, 0.25) is 0 Å². The van der Waals surface area contributed by atoms with E-state index in [-0.39, 0.29) is 11.0 Å². The van der Waals surface area contributed by atoms with Crippen molar-refractivity contribution in [3.63, 3.8) is 0 Å². The summed E-state index contributed by atoms with van der Waals surface area (Å²) in [5.74, 6) is 0. The maximum atomic E-state index is 9.36. The zero-order valence-corrected chi connectivity index (χ0v) is 9.27. The minimum Gasteiger partial charge on any atom is -0.295 e. The first kappa shape index (κ1) is 11.3. The van der Waals surface area contributed by atoms with Crippen molar-refractivity contribution in [2.75, 3.05) is 6.54 Å². The monoisotopic (exact) mass is 192 g/mol. The molecule has 0 saturated heterocycles. The van der Waals surface area contributed by atoms with Crippen molar-refractivity contribution in [3.8, 4) is 6.07 Å². The van der Waals surface area contributed by atoms with Crippen LogP contribution < -0.4 is 5.32 Å². The number of rotatable bonds is 3. The van der Waals surface area contributed by atoms with Gasteiger partial charge in [0.15, 0.2) is 0 Å². The maximum Gasteiger partial charge on any atom is 0.112 e. The highest BCUT2D eigenvalue weighted by molar-refractivity contribution is 5.17. The van der Waals surface area contributed by atoms with Crippen molar-refractivity contribution in [1.82, 2.24) is 5.32 Å². The molecule has 1 fully saturated rings. The van der Waals surface area contributed by atoms with Crippen molar-refractivity contribution in [3.05, 3.63) is 12.7 Å². The van der Waals surface area contributed by atoms with Gasteiger partial charge in [-0.05, 0) is 18.3 Å². The molecule has 78 valence electrons. The van der Waals surface area contributed by atoms with Gasteiger partial charge in [0.1, 0.15) is 5.54 Å². The molecule has 1 saturated carbocycles. The van der Waals surface area contributed by atoms with Gasteiger partial charge in [0, 0.05) is 6.54 Å². The van der Waals surface area contributed by atoms with Crippen LogP contribution in [-0.4, -0.2) is 12.1 Å². The summed E-state index contributed by atoms with van der Waals surface area (Å²) in [5, 5.41) is 12.7. The third kappa shape index (κ3) is 1.83. The SMILES string of the molecule is C=CCNC1(C#N)CCCCC1(C)C. The quantitative estimate of drug-likeness (QED) is 0.698.